The summed E-state index contributed by atoms with van der Waals surface area (Å²) in [6.07, 6.45) is -9.90. The van der Waals surface area contributed by atoms with Crippen LogP contribution in [0.1, 0.15) is 47.1 Å². The number of halogens is 6. The highest BCUT2D eigenvalue weighted by Crippen LogP contribution is 2.37. The van der Waals surface area contributed by atoms with Crippen LogP contribution >= 0.6 is 0 Å². The van der Waals surface area contributed by atoms with E-state index in [1.165, 1.54) is 0 Å². The molecule has 4 rings (SSSR count). The highest BCUT2D eigenvalue weighted by Gasteiger charge is 2.38. The third-order valence-electron chi connectivity index (χ3n) is 7.88. The monoisotopic (exact) mass is 571 g/mol. The van der Waals surface area contributed by atoms with Gasteiger partial charge < -0.3 is 14.5 Å². The van der Waals surface area contributed by atoms with E-state index in [-0.39, 0.29) is 36.5 Å². The van der Waals surface area contributed by atoms with Crippen LogP contribution < -0.4 is 0 Å². The average Bonchev–Trinajstić information content (AvgIpc) is 2.91. The van der Waals surface area contributed by atoms with E-state index < -0.39 is 36.2 Å². The van der Waals surface area contributed by atoms with Gasteiger partial charge in [0.25, 0.3) is 0 Å². The molecule has 0 bridgehead atoms. The van der Waals surface area contributed by atoms with Gasteiger partial charge in [-0.05, 0) is 54.8 Å². The Labute approximate surface area is 230 Å². The van der Waals surface area contributed by atoms with Gasteiger partial charge in [0.05, 0.1) is 30.4 Å². The summed E-state index contributed by atoms with van der Waals surface area (Å²) in [4.78, 5) is 19.4. The first-order chi connectivity index (χ1) is 18.8. The molecule has 40 heavy (non-hydrogen) atoms. The van der Waals surface area contributed by atoms with Crippen molar-refractivity contribution >= 4 is 5.91 Å². The predicted molar refractivity (Wildman–Crippen MR) is 139 cm³/mol. The second-order valence-corrected chi connectivity index (χ2v) is 10.6. The van der Waals surface area contributed by atoms with Gasteiger partial charge >= 0.3 is 12.4 Å². The lowest BCUT2D eigenvalue weighted by Crippen LogP contribution is -2.53. The largest absolute Gasteiger partial charge is 0.416 e. The fourth-order valence-electron chi connectivity index (χ4n) is 5.53. The number of amides is 1. The van der Waals surface area contributed by atoms with Crippen LogP contribution in [0.5, 0.6) is 0 Å². The van der Waals surface area contributed by atoms with Gasteiger partial charge in [-0.1, -0.05) is 31.2 Å². The normalized spacial score (nSPS) is 21.6. The summed E-state index contributed by atoms with van der Waals surface area (Å²) in [5.41, 5.74) is -0.966. The third kappa shape index (κ3) is 7.55. The van der Waals surface area contributed by atoms with Crippen LogP contribution in [0.25, 0.3) is 0 Å². The summed E-state index contributed by atoms with van der Waals surface area (Å²) in [6.45, 7) is 8.89. The van der Waals surface area contributed by atoms with Gasteiger partial charge in [0, 0.05) is 45.2 Å². The predicted octanol–water partition coefficient (Wildman–Crippen LogP) is 5.57. The topological polar surface area (TPSA) is 36.0 Å². The van der Waals surface area contributed by atoms with E-state index in [0.29, 0.717) is 25.1 Å². The van der Waals surface area contributed by atoms with Crippen molar-refractivity contribution in [1.82, 2.24) is 14.7 Å². The number of hydrogen-bond donors (Lipinski definition) is 0. The molecule has 0 spiro atoms. The van der Waals surface area contributed by atoms with E-state index >= 15 is 0 Å². The Kier molecular flexibility index (Phi) is 9.47. The van der Waals surface area contributed by atoms with Crippen molar-refractivity contribution < 1.29 is 35.9 Å². The number of alkyl halides is 6. The van der Waals surface area contributed by atoms with Crippen LogP contribution in [-0.4, -0.2) is 79.1 Å². The molecule has 2 aromatic carbocycles. The number of rotatable bonds is 7. The number of nitrogens with zero attached hydrogens (tertiary/aromatic N) is 3. The number of hydrogen-bond acceptors (Lipinski definition) is 4. The maximum absolute atomic E-state index is 13.4. The molecule has 11 heteroatoms. The van der Waals surface area contributed by atoms with Crippen molar-refractivity contribution in [3.05, 3.63) is 70.3 Å². The number of benzene rings is 2. The molecule has 5 nitrogen and oxygen atoms in total. The van der Waals surface area contributed by atoms with Gasteiger partial charge in [0.15, 0.2) is 0 Å². The van der Waals surface area contributed by atoms with E-state index in [1.807, 2.05) is 31.2 Å². The molecular formula is C29H35F6N3O2. The summed E-state index contributed by atoms with van der Waals surface area (Å²) in [5.74, 6) is -0.216. The number of carbonyl (C=O) groups excluding carboxylic acids is 1. The van der Waals surface area contributed by atoms with Gasteiger partial charge in [-0.25, -0.2) is 0 Å². The second kappa shape index (κ2) is 12.5. The summed E-state index contributed by atoms with van der Waals surface area (Å²) in [5, 5.41) is 0. The number of likely N-dealkylation sites (tertiary alicyclic amines) is 1. The van der Waals surface area contributed by atoms with Crippen LogP contribution in [0.4, 0.5) is 26.3 Å². The summed E-state index contributed by atoms with van der Waals surface area (Å²) in [6, 6.07) is 9.18. The van der Waals surface area contributed by atoms with Gasteiger partial charge in [-0.2, -0.15) is 26.3 Å². The van der Waals surface area contributed by atoms with Crippen LogP contribution in [0.2, 0.25) is 0 Å². The third-order valence-corrected chi connectivity index (χ3v) is 7.88. The van der Waals surface area contributed by atoms with E-state index in [9.17, 15) is 31.1 Å². The summed E-state index contributed by atoms with van der Waals surface area (Å²) >= 11 is 0. The first-order valence-electron chi connectivity index (χ1n) is 13.5. The lowest BCUT2D eigenvalue weighted by molar-refractivity contribution is -0.143. The van der Waals surface area contributed by atoms with Gasteiger partial charge in [-0.15, -0.1) is 0 Å². The van der Waals surface area contributed by atoms with E-state index in [2.05, 4.69) is 16.7 Å². The van der Waals surface area contributed by atoms with Crippen molar-refractivity contribution in [2.24, 2.45) is 0 Å². The molecule has 0 saturated carbocycles. The number of likely N-dealkylation sites (N-methyl/N-ethyl adjacent to an activating group) is 1. The molecular weight excluding hydrogens is 536 g/mol. The molecule has 2 aliphatic heterocycles. The molecule has 0 aliphatic carbocycles. The zero-order valence-electron chi connectivity index (χ0n) is 22.7. The molecule has 2 saturated heterocycles. The number of aryl methyl sites for hydroxylation is 1. The second-order valence-electron chi connectivity index (χ2n) is 10.6. The van der Waals surface area contributed by atoms with Crippen molar-refractivity contribution in [1.29, 1.82) is 0 Å². The lowest BCUT2D eigenvalue weighted by Gasteiger charge is -2.40. The number of carbonyl (C=O) groups is 1. The van der Waals surface area contributed by atoms with Crippen molar-refractivity contribution in [3.63, 3.8) is 0 Å². The summed E-state index contributed by atoms with van der Waals surface area (Å²) in [7, 11) is 0. The highest BCUT2D eigenvalue weighted by molar-refractivity contribution is 5.78. The van der Waals surface area contributed by atoms with Crippen LogP contribution in [0.15, 0.2) is 42.5 Å². The molecule has 0 N–H and O–H groups in total. The maximum Gasteiger partial charge on any atom is 0.416 e. The number of piperazine rings is 1. The van der Waals surface area contributed by atoms with Crippen molar-refractivity contribution in [2.45, 2.75) is 51.2 Å². The first kappa shape index (κ1) is 30.3. The molecule has 2 aromatic rings. The molecule has 2 aliphatic rings. The molecule has 2 heterocycles. The minimum absolute atomic E-state index is 0.0554. The molecule has 220 valence electrons. The Balaban J connectivity index is 1.52. The van der Waals surface area contributed by atoms with E-state index in [4.69, 9.17) is 4.74 Å². The number of piperidine rings is 1. The molecule has 2 fully saturated rings. The standard InChI is InChI=1S/C29H35F6N3O2/c1-3-36-10-12-37(13-11-36)18-27(39)38-9-8-25(24-7-5-4-6-20(24)2)26(17-38)40-19-21-14-22(28(30,31)32)16-23(15-21)29(33,34)35/h4-7,14-16,25-26H,3,8-13,17-19H2,1-2H3/t25-,26-/m0/s1. The van der Waals surface area contributed by atoms with Crippen molar-refractivity contribution in [2.75, 3.05) is 52.4 Å². The molecule has 1 amide bonds. The molecule has 0 radical (unpaired) electrons. The zero-order valence-corrected chi connectivity index (χ0v) is 22.7. The van der Waals surface area contributed by atoms with Crippen LogP contribution in [-0.2, 0) is 28.5 Å². The Morgan fingerprint density at radius 3 is 2.08 bits per heavy atom. The maximum atomic E-state index is 13.4. The number of ether oxygens (including phenoxy) is 1. The minimum Gasteiger partial charge on any atom is -0.371 e. The minimum atomic E-state index is -4.93. The van der Waals surface area contributed by atoms with Crippen LogP contribution in [0.3, 0.4) is 0 Å². The Morgan fingerprint density at radius 2 is 1.50 bits per heavy atom. The van der Waals surface area contributed by atoms with Gasteiger partial charge in [0.2, 0.25) is 5.91 Å². The average molecular weight is 572 g/mol. The molecule has 2 atom stereocenters. The quantitative estimate of drug-likeness (QED) is 0.407. The molecule has 0 unspecified atom stereocenters. The zero-order chi connectivity index (χ0) is 29.1. The van der Waals surface area contributed by atoms with E-state index in [1.54, 1.807) is 4.90 Å². The molecule has 0 aromatic heterocycles. The fraction of sp³-hybridized carbons (Fsp3) is 0.552. The van der Waals surface area contributed by atoms with Gasteiger partial charge in [0.1, 0.15) is 0 Å². The van der Waals surface area contributed by atoms with Crippen LogP contribution in [0, 0.1) is 6.92 Å². The fourth-order valence-corrected chi connectivity index (χ4v) is 5.53. The Bertz CT molecular complexity index is 1130. The van der Waals surface area contributed by atoms with Gasteiger partial charge in [-0.3, -0.25) is 9.69 Å². The first-order valence-corrected chi connectivity index (χ1v) is 13.5. The SMILES string of the molecule is CCN1CCN(CC(=O)N2CC[C@@H](c3ccccc3C)[C@@H](OCc3cc(C(F)(F)F)cc(C(F)(F)F)c3)C2)CC1. The lowest BCUT2D eigenvalue weighted by atomic mass is 9.84. The Hall–Kier alpha value is -2.63. The highest BCUT2D eigenvalue weighted by atomic mass is 19.4. The Morgan fingerprint density at radius 1 is 0.900 bits per heavy atom. The van der Waals surface area contributed by atoms with Crippen molar-refractivity contribution in [3.8, 4) is 0 Å². The van der Waals surface area contributed by atoms with E-state index in [0.717, 1.165) is 43.9 Å². The summed E-state index contributed by atoms with van der Waals surface area (Å²) < 4.78 is 86.3. The smallest absolute Gasteiger partial charge is 0.371 e.